The highest BCUT2D eigenvalue weighted by Crippen LogP contribution is 2.26. The van der Waals surface area contributed by atoms with Crippen LogP contribution in [-0.4, -0.2) is 6.54 Å². The largest absolute Gasteiger partial charge is 0.330 e. The summed E-state index contributed by atoms with van der Waals surface area (Å²) in [6.45, 7) is 0.460. The third-order valence-electron chi connectivity index (χ3n) is 3.44. The molecule has 106 valence electrons. The minimum absolute atomic E-state index is 0.106. The topological polar surface area (TPSA) is 26.0 Å². The van der Waals surface area contributed by atoms with Gasteiger partial charge >= 0.3 is 0 Å². The van der Waals surface area contributed by atoms with Crippen LogP contribution in [0, 0.1) is 11.6 Å². The monoisotopic (exact) mass is 339 g/mol. The van der Waals surface area contributed by atoms with E-state index in [2.05, 4.69) is 15.9 Å². The van der Waals surface area contributed by atoms with Gasteiger partial charge in [-0.15, -0.1) is 0 Å². The molecule has 0 amide bonds. The maximum atomic E-state index is 13.9. The standard InChI is InChI=1S/C16H16BrF2N/c17-14-8-9-15(18)13(16(14)19)7-6-12(10-20)11-4-2-1-3-5-11/h1-5,8-9,12H,6-7,10,20H2. The van der Waals surface area contributed by atoms with Gasteiger partial charge in [-0.25, -0.2) is 8.78 Å². The average molecular weight is 340 g/mol. The zero-order valence-corrected chi connectivity index (χ0v) is 12.5. The molecule has 0 radical (unpaired) electrons. The van der Waals surface area contributed by atoms with E-state index in [-0.39, 0.29) is 16.0 Å². The second-order valence-corrected chi connectivity index (χ2v) is 5.56. The first-order chi connectivity index (χ1) is 9.63. The van der Waals surface area contributed by atoms with Gasteiger partial charge in [0, 0.05) is 5.56 Å². The zero-order chi connectivity index (χ0) is 14.5. The van der Waals surface area contributed by atoms with E-state index >= 15 is 0 Å². The van der Waals surface area contributed by atoms with Gasteiger partial charge in [-0.1, -0.05) is 30.3 Å². The molecule has 0 aliphatic carbocycles. The highest BCUT2D eigenvalue weighted by Gasteiger charge is 2.15. The van der Waals surface area contributed by atoms with Crippen molar-refractivity contribution in [2.24, 2.45) is 5.73 Å². The Balaban J connectivity index is 2.14. The molecule has 0 saturated heterocycles. The predicted octanol–water partition coefficient (Wildman–Crippen LogP) is 4.40. The van der Waals surface area contributed by atoms with Crippen molar-refractivity contribution in [1.82, 2.24) is 0 Å². The van der Waals surface area contributed by atoms with Crippen molar-refractivity contribution in [3.8, 4) is 0 Å². The zero-order valence-electron chi connectivity index (χ0n) is 11.0. The molecule has 0 saturated carbocycles. The second-order valence-electron chi connectivity index (χ2n) is 4.70. The summed E-state index contributed by atoms with van der Waals surface area (Å²) in [5.74, 6) is -0.919. The van der Waals surface area contributed by atoms with Gasteiger partial charge in [0.05, 0.1) is 4.47 Å². The molecule has 0 aliphatic heterocycles. The van der Waals surface area contributed by atoms with Crippen LogP contribution in [-0.2, 0) is 6.42 Å². The fraction of sp³-hybridized carbons (Fsp3) is 0.250. The number of benzene rings is 2. The summed E-state index contributed by atoms with van der Waals surface area (Å²) in [5, 5.41) is 0. The van der Waals surface area contributed by atoms with Crippen LogP contribution in [0.3, 0.4) is 0 Å². The van der Waals surface area contributed by atoms with Crippen LogP contribution in [0.25, 0.3) is 0 Å². The Kier molecular flexibility index (Phi) is 5.26. The lowest BCUT2D eigenvalue weighted by atomic mass is 9.92. The summed E-state index contributed by atoms with van der Waals surface area (Å²) in [7, 11) is 0. The molecule has 1 nitrogen and oxygen atoms in total. The SMILES string of the molecule is NCC(CCc1c(F)ccc(Br)c1F)c1ccccc1. The molecule has 1 unspecified atom stereocenters. The highest BCUT2D eigenvalue weighted by atomic mass is 79.9. The van der Waals surface area contributed by atoms with Crippen molar-refractivity contribution in [1.29, 1.82) is 0 Å². The van der Waals surface area contributed by atoms with Gasteiger partial charge in [-0.05, 0) is 58.9 Å². The Morgan fingerprint density at radius 3 is 2.40 bits per heavy atom. The Labute approximate surface area is 125 Å². The van der Waals surface area contributed by atoms with Crippen LogP contribution in [0.4, 0.5) is 8.78 Å². The molecule has 0 aliphatic rings. The van der Waals surface area contributed by atoms with Crippen LogP contribution in [0.1, 0.15) is 23.5 Å². The van der Waals surface area contributed by atoms with Crippen LogP contribution in [0.5, 0.6) is 0 Å². The Hall–Kier alpha value is -1.26. The van der Waals surface area contributed by atoms with Gasteiger partial charge in [0.2, 0.25) is 0 Å². The number of rotatable bonds is 5. The summed E-state index contributed by atoms with van der Waals surface area (Å²) in [6, 6.07) is 12.5. The molecule has 20 heavy (non-hydrogen) atoms. The lowest BCUT2D eigenvalue weighted by Crippen LogP contribution is -2.14. The van der Waals surface area contributed by atoms with Gasteiger partial charge in [0.1, 0.15) is 11.6 Å². The molecule has 0 fully saturated rings. The highest BCUT2D eigenvalue weighted by molar-refractivity contribution is 9.10. The second kappa shape index (κ2) is 6.95. The number of hydrogen-bond donors (Lipinski definition) is 1. The van der Waals surface area contributed by atoms with E-state index in [1.165, 1.54) is 12.1 Å². The van der Waals surface area contributed by atoms with Crippen molar-refractivity contribution in [3.63, 3.8) is 0 Å². The predicted molar refractivity (Wildman–Crippen MR) is 80.6 cm³/mol. The van der Waals surface area contributed by atoms with Crippen LogP contribution >= 0.6 is 15.9 Å². The molecular formula is C16H16BrF2N. The van der Waals surface area contributed by atoms with E-state index in [0.29, 0.717) is 19.4 Å². The van der Waals surface area contributed by atoms with Crippen molar-refractivity contribution < 1.29 is 8.78 Å². The van der Waals surface area contributed by atoms with E-state index < -0.39 is 11.6 Å². The quantitative estimate of drug-likeness (QED) is 0.802. The summed E-state index contributed by atoms with van der Waals surface area (Å²) in [6.07, 6.45) is 0.943. The van der Waals surface area contributed by atoms with E-state index in [4.69, 9.17) is 5.73 Å². The summed E-state index contributed by atoms with van der Waals surface area (Å²) < 4.78 is 27.9. The fourth-order valence-electron chi connectivity index (χ4n) is 2.26. The lowest BCUT2D eigenvalue weighted by Gasteiger charge is -2.16. The molecule has 4 heteroatoms. The van der Waals surface area contributed by atoms with Crippen LogP contribution in [0.2, 0.25) is 0 Å². The lowest BCUT2D eigenvalue weighted by molar-refractivity contribution is 0.532. The number of hydrogen-bond acceptors (Lipinski definition) is 1. The number of halogens is 3. The van der Waals surface area contributed by atoms with Gasteiger partial charge in [0.25, 0.3) is 0 Å². The molecule has 2 aromatic rings. The Morgan fingerprint density at radius 1 is 1.05 bits per heavy atom. The fourth-order valence-corrected chi connectivity index (χ4v) is 2.63. The summed E-state index contributed by atoms with van der Waals surface area (Å²) in [4.78, 5) is 0. The van der Waals surface area contributed by atoms with Crippen molar-refractivity contribution in [2.45, 2.75) is 18.8 Å². The van der Waals surface area contributed by atoms with Gasteiger partial charge < -0.3 is 5.73 Å². The molecule has 2 rings (SSSR count). The maximum Gasteiger partial charge on any atom is 0.143 e. The van der Waals surface area contributed by atoms with Gasteiger partial charge in [0.15, 0.2) is 0 Å². The molecule has 0 bridgehead atoms. The smallest absolute Gasteiger partial charge is 0.143 e. The van der Waals surface area contributed by atoms with Gasteiger partial charge in [-0.3, -0.25) is 0 Å². The molecule has 2 aromatic carbocycles. The van der Waals surface area contributed by atoms with Crippen LogP contribution in [0.15, 0.2) is 46.9 Å². The third kappa shape index (κ3) is 3.44. The maximum absolute atomic E-state index is 13.9. The first-order valence-electron chi connectivity index (χ1n) is 6.51. The van der Waals surface area contributed by atoms with Crippen molar-refractivity contribution in [3.05, 3.63) is 69.7 Å². The van der Waals surface area contributed by atoms with E-state index in [9.17, 15) is 8.78 Å². The molecule has 0 spiro atoms. The average Bonchev–Trinajstić information content (AvgIpc) is 2.48. The normalized spacial score (nSPS) is 12.4. The Morgan fingerprint density at radius 2 is 1.75 bits per heavy atom. The van der Waals surface area contributed by atoms with E-state index in [1.54, 1.807) is 0 Å². The van der Waals surface area contributed by atoms with E-state index in [0.717, 1.165) is 5.56 Å². The summed E-state index contributed by atoms with van der Waals surface area (Å²) in [5.41, 5.74) is 7.00. The minimum Gasteiger partial charge on any atom is -0.330 e. The first-order valence-corrected chi connectivity index (χ1v) is 7.30. The first kappa shape index (κ1) is 15.1. The summed E-state index contributed by atoms with van der Waals surface area (Å²) >= 11 is 3.08. The molecular weight excluding hydrogens is 324 g/mol. The third-order valence-corrected chi connectivity index (χ3v) is 4.05. The minimum atomic E-state index is -0.520. The van der Waals surface area contributed by atoms with E-state index in [1.807, 2.05) is 30.3 Å². The molecule has 2 N–H and O–H groups in total. The van der Waals surface area contributed by atoms with Crippen molar-refractivity contribution in [2.75, 3.05) is 6.54 Å². The van der Waals surface area contributed by atoms with Gasteiger partial charge in [-0.2, -0.15) is 0 Å². The van der Waals surface area contributed by atoms with Crippen LogP contribution < -0.4 is 5.73 Å². The molecule has 0 heterocycles. The molecule has 0 aromatic heterocycles. The Bertz CT molecular complexity index is 572. The van der Waals surface area contributed by atoms with Crippen molar-refractivity contribution >= 4 is 15.9 Å². The number of nitrogens with two attached hydrogens (primary N) is 1. The molecule has 1 atom stereocenters.